The minimum absolute atomic E-state index is 0.154. The topological polar surface area (TPSA) is 44.7 Å². The molecule has 0 amide bonds. The van der Waals surface area contributed by atoms with Crippen LogP contribution in [0.15, 0.2) is 22.7 Å². The van der Waals surface area contributed by atoms with Gasteiger partial charge in [0.1, 0.15) is 0 Å². The van der Waals surface area contributed by atoms with Crippen molar-refractivity contribution in [1.29, 1.82) is 0 Å². The Morgan fingerprint density at radius 1 is 1.40 bits per heavy atom. The third-order valence-corrected chi connectivity index (χ3v) is 3.61. The third kappa shape index (κ3) is 5.40. The Morgan fingerprint density at radius 3 is 2.75 bits per heavy atom. The molecule has 1 aromatic rings. The predicted octanol–water partition coefficient (Wildman–Crippen LogP) is 2.39. The lowest BCUT2D eigenvalue weighted by atomic mass is 10.1. The van der Waals surface area contributed by atoms with Crippen molar-refractivity contribution < 1.29 is 9.84 Å². The van der Waals surface area contributed by atoms with E-state index in [2.05, 4.69) is 52.1 Å². The Morgan fingerprint density at radius 2 is 2.15 bits per heavy atom. The van der Waals surface area contributed by atoms with Crippen LogP contribution in [0.2, 0.25) is 0 Å². The smallest absolute Gasteiger partial charge is 0.0606 e. The van der Waals surface area contributed by atoms with Crippen LogP contribution in [0.3, 0.4) is 0 Å². The zero-order valence-corrected chi connectivity index (χ0v) is 14.1. The van der Waals surface area contributed by atoms with Crippen molar-refractivity contribution in [1.82, 2.24) is 5.32 Å². The summed E-state index contributed by atoms with van der Waals surface area (Å²) in [5.74, 6) is 0. The molecule has 0 heterocycles. The molecule has 0 aliphatic carbocycles. The van der Waals surface area contributed by atoms with E-state index in [9.17, 15) is 5.11 Å². The quantitative estimate of drug-likeness (QED) is 0.675. The van der Waals surface area contributed by atoms with Crippen LogP contribution in [-0.4, -0.2) is 44.6 Å². The minimum atomic E-state index is 0.154. The Labute approximate surface area is 130 Å². The van der Waals surface area contributed by atoms with Gasteiger partial charge in [-0.2, -0.15) is 0 Å². The highest BCUT2D eigenvalue weighted by Crippen LogP contribution is 2.26. The molecule has 2 N–H and O–H groups in total. The maximum Gasteiger partial charge on any atom is 0.0606 e. The van der Waals surface area contributed by atoms with Gasteiger partial charge >= 0.3 is 0 Å². The fourth-order valence-electron chi connectivity index (χ4n) is 2.12. The highest BCUT2D eigenvalue weighted by molar-refractivity contribution is 9.10. The SMILES string of the molecule is COCCNCc1ccc(Br)cc1N(CCO)C(C)C. The van der Waals surface area contributed by atoms with Crippen LogP contribution < -0.4 is 10.2 Å². The van der Waals surface area contributed by atoms with Crippen molar-refractivity contribution in [3.8, 4) is 0 Å². The molecule has 0 unspecified atom stereocenters. The van der Waals surface area contributed by atoms with Crippen LogP contribution in [0, 0.1) is 0 Å². The second-order valence-electron chi connectivity index (χ2n) is 4.95. The van der Waals surface area contributed by atoms with Gasteiger partial charge in [-0.3, -0.25) is 0 Å². The largest absolute Gasteiger partial charge is 0.395 e. The molecule has 114 valence electrons. The molecule has 0 radical (unpaired) electrons. The van der Waals surface area contributed by atoms with Crippen LogP contribution in [0.25, 0.3) is 0 Å². The number of rotatable bonds is 9. The molecule has 0 bridgehead atoms. The second kappa shape index (κ2) is 9.34. The molecule has 4 nitrogen and oxygen atoms in total. The van der Waals surface area contributed by atoms with Gasteiger partial charge < -0.3 is 20.1 Å². The molecule has 0 atom stereocenters. The zero-order chi connectivity index (χ0) is 15.0. The van der Waals surface area contributed by atoms with Crippen LogP contribution in [0.1, 0.15) is 19.4 Å². The molecule has 0 spiro atoms. The van der Waals surface area contributed by atoms with Gasteiger partial charge in [0.05, 0.1) is 13.2 Å². The number of benzene rings is 1. The molecule has 0 saturated heterocycles. The molecule has 0 aromatic heterocycles. The summed E-state index contributed by atoms with van der Waals surface area (Å²) >= 11 is 3.53. The van der Waals surface area contributed by atoms with Crippen LogP contribution in [0.5, 0.6) is 0 Å². The average molecular weight is 345 g/mol. The average Bonchev–Trinajstić information content (AvgIpc) is 2.42. The Bertz CT molecular complexity index is 399. The number of hydrogen-bond donors (Lipinski definition) is 2. The molecule has 1 aromatic carbocycles. The van der Waals surface area contributed by atoms with Gasteiger partial charge in [-0.1, -0.05) is 22.0 Å². The van der Waals surface area contributed by atoms with Gasteiger partial charge in [0, 0.05) is 42.9 Å². The molecule has 0 aliphatic heterocycles. The summed E-state index contributed by atoms with van der Waals surface area (Å²) in [5.41, 5.74) is 2.39. The van der Waals surface area contributed by atoms with E-state index >= 15 is 0 Å². The van der Waals surface area contributed by atoms with E-state index < -0.39 is 0 Å². The first kappa shape index (κ1) is 17.4. The van der Waals surface area contributed by atoms with E-state index in [-0.39, 0.29) is 6.61 Å². The highest BCUT2D eigenvalue weighted by atomic mass is 79.9. The highest BCUT2D eigenvalue weighted by Gasteiger charge is 2.14. The Kier molecular flexibility index (Phi) is 8.14. The number of nitrogens with one attached hydrogen (secondary N) is 1. The number of aliphatic hydroxyl groups is 1. The third-order valence-electron chi connectivity index (χ3n) is 3.12. The Hall–Kier alpha value is -0.620. The van der Waals surface area contributed by atoms with Crippen LogP contribution in [-0.2, 0) is 11.3 Å². The standard InChI is InChI=1S/C15H25BrN2O2/c1-12(2)18(7-8-19)15-10-14(16)5-4-13(15)11-17-6-9-20-3/h4-5,10,12,17,19H,6-9,11H2,1-3H3. The normalized spacial score (nSPS) is 11.1. The maximum absolute atomic E-state index is 9.27. The number of hydrogen-bond acceptors (Lipinski definition) is 4. The lowest BCUT2D eigenvalue weighted by Crippen LogP contribution is -2.34. The minimum Gasteiger partial charge on any atom is -0.395 e. The van der Waals surface area contributed by atoms with Gasteiger partial charge in [0.25, 0.3) is 0 Å². The van der Waals surface area contributed by atoms with E-state index in [1.807, 2.05) is 6.07 Å². The van der Waals surface area contributed by atoms with Gasteiger partial charge in [-0.15, -0.1) is 0 Å². The van der Waals surface area contributed by atoms with Crippen LogP contribution in [0.4, 0.5) is 5.69 Å². The fourth-order valence-corrected chi connectivity index (χ4v) is 2.46. The van der Waals surface area contributed by atoms with Crippen molar-refractivity contribution in [3.05, 3.63) is 28.2 Å². The monoisotopic (exact) mass is 344 g/mol. The van der Waals surface area contributed by atoms with Crippen molar-refractivity contribution in [2.75, 3.05) is 38.3 Å². The first-order valence-corrected chi connectivity index (χ1v) is 7.75. The van der Waals surface area contributed by atoms with E-state index in [4.69, 9.17) is 4.74 Å². The number of halogens is 1. The van der Waals surface area contributed by atoms with Crippen molar-refractivity contribution in [3.63, 3.8) is 0 Å². The van der Waals surface area contributed by atoms with E-state index in [0.717, 1.165) is 23.2 Å². The number of methoxy groups -OCH3 is 1. The molecule has 1 rings (SSSR count). The molecule has 0 fully saturated rings. The van der Waals surface area contributed by atoms with Gasteiger partial charge in [0.15, 0.2) is 0 Å². The van der Waals surface area contributed by atoms with E-state index in [0.29, 0.717) is 19.2 Å². The number of aliphatic hydroxyl groups excluding tert-OH is 1. The van der Waals surface area contributed by atoms with Crippen LogP contribution >= 0.6 is 15.9 Å². The summed E-state index contributed by atoms with van der Waals surface area (Å²) < 4.78 is 6.09. The second-order valence-corrected chi connectivity index (χ2v) is 5.87. The molecule has 0 aliphatic rings. The van der Waals surface area contributed by atoms with Gasteiger partial charge in [-0.25, -0.2) is 0 Å². The predicted molar refractivity (Wildman–Crippen MR) is 87.3 cm³/mol. The zero-order valence-electron chi connectivity index (χ0n) is 12.5. The number of nitrogens with zero attached hydrogens (tertiary/aromatic N) is 1. The first-order valence-electron chi connectivity index (χ1n) is 6.95. The summed E-state index contributed by atoms with van der Waals surface area (Å²) in [6.07, 6.45) is 0. The Balaban J connectivity index is 2.87. The molecular formula is C15H25BrN2O2. The lowest BCUT2D eigenvalue weighted by Gasteiger charge is -2.30. The lowest BCUT2D eigenvalue weighted by molar-refractivity contribution is 0.199. The summed E-state index contributed by atoms with van der Waals surface area (Å²) in [4.78, 5) is 2.22. The first-order chi connectivity index (χ1) is 9.60. The summed E-state index contributed by atoms with van der Waals surface area (Å²) in [6, 6.07) is 6.62. The maximum atomic E-state index is 9.27. The molecule has 0 saturated carbocycles. The molecular weight excluding hydrogens is 320 g/mol. The van der Waals surface area contributed by atoms with E-state index in [1.165, 1.54) is 5.56 Å². The summed E-state index contributed by atoms with van der Waals surface area (Å²) in [5, 5.41) is 12.6. The number of anilines is 1. The summed E-state index contributed by atoms with van der Waals surface area (Å²) in [6.45, 7) is 7.39. The number of ether oxygens (including phenoxy) is 1. The summed E-state index contributed by atoms with van der Waals surface area (Å²) in [7, 11) is 1.70. The van der Waals surface area contributed by atoms with Gasteiger partial charge in [0.2, 0.25) is 0 Å². The van der Waals surface area contributed by atoms with Crippen molar-refractivity contribution >= 4 is 21.6 Å². The van der Waals surface area contributed by atoms with Crippen molar-refractivity contribution in [2.45, 2.75) is 26.4 Å². The molecule has 20 heavy (non-hydrogen) atoms. The van der Waals surface area contributed by atoms with Gasteiger partial charge in [-0.05, 0) is 31.5 Å². The van der Waals surface area contributed by atoms with E-state index in [1.54, 1.807) is 7.11 Å². The fraction of sp³-hybridized carbons (Fsp3) is 0.600. The molecule has 5 heteroatoms. The van der Waals surface area contributed by atoms with Crippen molar-refractivity contribution in [2.24, 2.45) is 0 Å².